The first-order valence-electron chi connectivity index (χ1n) is 5.91. The lowest BCUT2D eigenvalue weighted by atomic mass is 10.0. The molecule has 0 radical (unpaired) electrons. The zero-order valence-corrected chi connectivity index (χ0v) is 10.0. The average Bonchev–Trinajstić information content (AvgIpc) is 2.81. The van der Waals surface area contributed by atoms with E-state index in [1.54, 1.807) is 25.3 Å². The number of ketones is 1. The smallest absolute Gasteiger partial charge is 0.166 e. The van der Waals surface area contributed by atoms with E-state index in [4.69, 9.17) is 10.5 Å². The van der Waals surface area contributed by atoms with Gasteiger partial charge in [-0.1, -0.05) is 0 Å². The molecule has 0 aromatic heterocycles. The number of rotatable bonds is 4. The van der Waals surface area contributed by atoms with E-state index in [2.05, 4.69) is 5.32 Å². The number of hydrogen-bond donors (Lipinski definition) is 2. The van der Waals surface area contributed by atoms with Crippen LogP contribution in [0.3, 0.4) is 0 Å². The van der Waals surface area contributed by atoms with Gasteiger partial charge in [-0.15, -0.1) is 0 Å². The zero-order valence-electron chi connectivity index (χ0n) is 10.0. The molecule has 4 nitrogen and oxygen atoms in total. The van der Waals surface area contributed by atoms with Gasteiger partial charge in [0.2, 0.25) is 0 Å². The molecule has 17 heavy (non-hydrogen) atoms. The monoisotopic (exact) mass is 234 g/mol. The van der Waals surface area contributed by atoms with Crippen LogP contribution in [-0.2, 0) is 0 Å². The van der Waals surface area contributed by atoms with Crippen molar-refractivity contribution in [3.05, 3.63) is 23.8 Å². The van der Waals surface area contributed by atoms with Crippen molar-refractivity contribution < 1.29 is 9.53 Å². The first-order chi connectivity index (χ1) is 8.20. The van der Waals surface area contributed by atoms with Crippen LogP contribution in [-0.4, -0.2) is 25.5 Å². The van der Waals surface area contributed by atoms with Gasteiger partial charge in [-0.3, -0.25) is 4.79 Å². The Balaban J connectivity index is 2.07. The van der Waals surface area contributed by atoms with Crippen LogP contribution in [0.4, 0.5) is 5.69 Å². The van der Waals surface area contributed by atoms with Crippen molar-refractivity contribution in [1.29, 1.82) is 0 Å². The summed E-state index contributed by atoms with van der Waals surface area (Å²) in [7, 11) is 1.58. The molecule has 0 saturated carbocycles. The third-order valence-corrected chi connectivity index (χ3v) is 3.15. The van der Waals surface area contributed by atoms with Gasteiger partial charge >= 0.3 is 0 Å². The Morgan fingerprint density at radius 2 is 2.41 bits per heavy atom. The quantitative estimate of drug-likeness (QED) is 0.613. The largest absolute Gasteiger partial charge is 0.497 e. The average molecular weight is 234 g/mol. The standard InChI is InChI=1S/C13H18N2O2/c1-17-10-4-5-11(12(14)8-10)13(16)7-9-3-2-6-15-9/h4-5,8-9,15H,2-3,6-7,14H2,1H3. The Hall–Kier alpha value is -1.55. The molecule has 1 aliphatic heterocycles. The number of carbonyl (C=O) groups excluding carboxylic acids is 1. The fourth-order valence-corrected chi connectivity index (χ4v) is 2.19. The lowest BCUT2D eigenvalue weighted by Gasteiger charge is -2.11. The number of methoxy groups -OCH3 is 1. The van der Waals surface area contributed by atoms with Crippen LogP contribution in [0, 0.1) is 0 Å². The van der Waals surface area contributed by atoms with E-state index in [1.807, 2.05) is 0 Å². The Morgan fingerprint density at radius 3 is 3.00 bits per heavy atom. The van der Waals surface area contributed by atoms with Gasteiger partial charge in [-0.2, -0.15) is 0 Å². The van der Waals surface area contributed by atoms with Gasteiger partial charge in [-0.05, 0) is 31.5 Å². The van der Waals surface area contributed by atoms with Crippen molar-refractivity contribution in [3.63, 3.8) is 0 Å². The molecule has 0 amide bonds. The van der Waals surface area contributed by atoms with Gasteiger partial charge in [0.25, 0.3) is 0 Å². The summed E-state index contributed by atoms with van der Waals surface area (Å²) in [5, 5.41) is 3.31. The van der Waals surface area contributed by atoms with Crippen molar-refractivity contribution in [2.24, 2.45) is 0 Å². The van der Waals surface area contributed by atoms with Crippen molar-refractivity contribution in [2.75, 3.05) is 19.4 Å². The lowest BCUT2D eigenvalue weighted by molar-refractivity contribution is 0.0972. The maximum absolute atomic E-state index is 12.1. The normalized spacial score (nSPS) is 19.2. The van der Waals surface area contributed by atoms with E-state index in [-0.39, 0.29) is 5.78 Å². The third kappa shape index (κ3) is 2.77. The van der Waals surface area contributed by atoms with Gasteiger partial charge < -0.3 is 15.8 Å². The van der Waals surface area contributed by atoms with E-state index in [0.717, 1.165) is 19.4 Å². The molecule has 0 aliphatic carbocycles. The van der Waals surface area contributed by atoms with E-state index in [1.165, 1.54) is 0 Å². The number of benzene rings is 1. The minimum atomic E-state index is 0.101. The summed E-state index contributed by atoms with van der Waals surface area (Å²) >= 11 is 0. The first-order valence-corrected chi connectivity index (χ1v) is 5.91. The Morgan fingerprint density at radius 1 is 1.59 bits per heavy atom. The Bertz CT molecular complexity index is 412. The van der Waals surface area contributed by atoms with E-state index in [0.29, 0.717) is 29.5 Å². The van der Waals surface area contributed by atoms with Crippen LogP contribution < -0.4 is 15.8 Å². The second-order valence-corrected chi connectivity index (χ2v) is 4.37. The number of nitrogens with one attached hydrogen (secondary N) is 1. The topological polar surface area (TPSA) is 64.3 Å². The number of nitrogens with two attached hydrogens (primary N) is 1. The number of hydrogen-bond acceptors (Lipinski definition) is 4. The van der Waals surface area contributed by atoms with Crippen LogP contribution in [0.15, 0.2) is 18.2 Å². The van der Waals surface area contributed by atoms with Crippen molar-refractivity contribution >= 4 is 11.5 Å². The van der Waals surface area contributed by atoms with E-state index < -0.39 is 0 Å². The van der Waals surface area contributed by atoms with Crippen LogP contribution in [0.1, 0.15) is 29.6 Å². The van der Waals surface area contributed by atoms with Gasteiger partial charge in [0.05, 0.1) is 7.11 Å². The summed E-state index contributed by atoms with van der Waals surface area (Å²) in [5.74, 6) is 0.780. The summed E-state index contributed by atoms with van der Waals surface area (Å²) in [4.78, 5) is 12.1. The Kier molecular flexibility index (Phi) is 3.64. The highest BCUT2D eigenvalue weighted by atomic mass is 16.5. The fourth-order valence-electron chi connectivity index (χ4n) is 2.19. The maximum Gasteiger partial charge on any atom is 0.166 e. The minimum absolute atomic E-state index is 0.101. The van der Waals surface area contributed by atoms with Gasteiger partial charge in [0.15, 0.2) is 5.78 Å². The highest BCUT2D eigenvalue weighted by molar-refractivity contribution is 6.01. The van der Waals surface area contributed by atoms with Gasteiger partial charge in [0.1, 0.15) is 5.75 Å². The molecule has 1 aromatic carbocycles. The molecule has 1 aliphatic rings. The molecular formula is C13H18N2O2. The molecule has 3 N–H and O–H groups in total. The molecule has 4 heteroatoms. The number of carbonyl (C=O) groups is 1. The second-order valence-electron chi connectivity index (χ2n) is 4.37. The van der Waals surface area contributed by atoms with Gasteiger partial charge in [0, 0.05) is 29.8 Å². The highest BCUT2D eigenvalue weighted by Crippen LogP contribution is 2.22. The highest BCUT2D eigenvalue weighted by Gasteiger charge is 2.19. The number of anilines is 1. The molecule has 2 rings (SSSR count). The molecule has 1 fully saturated rings. The number of nitrogen functional groups attached to an aromatic ring is 1. The van der Waals surface area contributed by atoms with Crippen molar-refractivity contribution in [3.8, 4) is 5.75 Å². The SMILES string of the molecule is COc1ccc(C(=O)CC2CCCN2)c(N)c1. The van der Waals surface area contributed by atoms with Crippen LogP contribution in [0.2, 0.25) is 0 Å². The molecule has 0 bridgehead atoms. The van der Waals surface area contributed by atoms with E-state index in [9.17, 15) is 4.79 Å². The summed E-state index contributed by atoms with van der Waals surface area (Å²) < 4.78 is 5.06. The summed E-state index contributed by atoms with van der Waals surface area (Å²) in [6, 6.07) is 5.51. The van der Waals surface area contributed by atoms with Crippen LogP contribution in [0.25, 0.3) is 0 Å². The predicted octanol–water partition coefficient (Wildman–Crippen LogP) is 1.60. The van der Waals surface area contributed by atoms with Crippen LogP contribution >= 0.6 is 0 Å². The first kappa shape index (κ1) is 11.9. The molecule has 1 unspecified atom stereocenters. The number of Topliss-reactive ketones (excluding diaryl/α,β-unsaturated/α-hetero) is 1. The molecular weight excluding hydrogens is 216 g/mol. The molecule has 1 aromatic rings. The molecule has 0 spiro atoms. The third-order valence-electron chi connectivity index (χ3n) is 3.15. The summed E-state index contributed by atoms with van der Waals surface area (Å²) in [6.45, 7) is 1.01. The van der Waals surface area contributed by atoms with Crippen LogP contribution in [0.5, 0.6) is 5.75 Å². The van der Waals surface area contributed by atoms with Gasteiger partial charge in [-0.25, -0.2) is 0 Å². The lowest BCUT2D eigenvalue weighted by Crippen LogP contribution is -2.24. The van der Waals surface area contributed by atoms with Crippen molar-refractivity contribution in [1.82, 2.24) is 5.32 Å². The van der Waals surface area contributed by atoms with Crippen molar-refractivity contribution in [2.45, 2.75) is 25.3 Å². The zero-order chi connectivity index (χ0) is 12.3. The second kappa shape index (κ2) is 5.19. The molecule has 1 saturated heterocycles. The molecule has 92 valence electrons. The number of ether oxygens (including phenoxy) is 1. The molecule has 1 atom stereocenters. The summed E-state index contributed by atoms with van der Waals surface area (Å²) in [6.07, 6.45) is 2.74. The Labute approximate surface area is 101 Å². The molecule has 1 heterocycles. The fraction of sp³-hybridized carbons (Fsp3) is 0.462. The maximum atomic E-state index is 12.1. The minimum Gasteiger partial charge on any atom is -0.497 e. The predicted molar refractivity (Wildman–Crippen MR) is 67.4 cm³/mol. The summed E-state index contributed by atoms with van der Waals surface area (Å²) in [5.41, 5.74) is 6.94. The van der Waals surface area contributed by atoms with E-state index >= 15 is 0 Å².